The highest BCUT2D eigenvalue weighted by atomic mass is 32.2. The average molecular weight is 160 g/mol. The minimum atomic E-state index is 0.202. The van der Waals surface area contributed by atoms with Gasteiger partial charge in [0.1, 0.15) is 0 Å². The van der Waals surface area contributed by atoms with E-state index < -0.39 is 0 Å². The van der Waals surface area contributed by atoms with Crippen LogP contribution >= 0.6 is 11.8 Å². The maximum atomic E-state index is 10.6. The third kappa shape index (κ3) is 1.99. The summed E-state index contributed by atoms with van der Waals surface area (Å²) in [5.41, 5.74) is 0.274. The van der Waals surface area contributed by atoms with Gasteiger partial charge < -0.3 is 4.74 Å². The van der Waals surface area contributed by atoms with Crippen LogP contribution < -0.4 is 0 Å². The molecule has 1 saturated heterocycles. The average Bonchev–Trinajstić information content (AvgIpc) is 1.79. The van der Waals surface area contributed by atoms with Crippen LogP contribution in [0.15, 0.2) is 0 Å². The molecule has 0 saturated carbocycles. The van der Waals surface area contributed by atoms with Crippen LogP contribution in [0, 0.1) is 5.41 Å². The van der Waals surface area contributed by atoms with Gasteiger partial charge in [-0.05, 0) is 0 Å². The normalized spacial score (nSPS) is 21.8. The molecule has 0 aromatic rings. The zero-order chi connectivity index (χ0) is 7.61. The SMILES string of the molecule is CC(=O)SCC1(C)COC1. The van der Waals surface area contributed by atoms with E-state index in [1.165, 1.54) is 11.8 Å². The summed E-state index contributed by atoms with van der Waals surface area (Å²) >= 11 is 1.40. The second-order valence-corrected chi connectivity index (χ2v) is 4.24. The lowest BCUT2D eigenvalue weighted by molar-refractivity contribution is -0.109. The van der Waals surface area contributed by atoms with Crippen molar-refractivity contribution in [3.8, 4) is 0 Å². The molecule has 0 aromatic heterocycles. The molecule has 10 heavy (non-hydrogen) atoms. The number of rotatable bonds is 2. The van der Waals surface area contributed by atoms with Crippen LogP contribution in [0.5, 0.6) is 0 Å². The van der Waals surface area contributed by atoms with Crippen molar-refractivity contribution in [3.63, 3.8) is 0 Å². The molecule has 58 valence electrons. The number of ether oxygens (including phenoxy) is 1. The Labute approximate surface area is 65.3 Å². The molecule has 0 aliphatic carbocycles. The second-order valence-electron chi connectivity index (χ2n) is 3.08. The Morgan fingerprint density at radius 1 is 1.70 bits per heavy atom. The smallest absolute Gasteiger partial charge is 0.185 e. The molecule has 2 nitrogen and oxygen atoms in total. The summed E-state index contributed by atoms with van der Waals surface area (Å²) in [5, 5.41) is 0.202. The number of hydrogen-bond donors (Lipinski definition) is 0. The van der Waals surface area contributed by atoms with Gasteiger partial charge in [-0.3, -0.25) is 4.79 Å². The first-order chi connectivity index (χ1) is 4.62. The summed E-state index contributed by atoms with van der Waals surface area (Å²) in [6, 6.07) is 0. The van der Waals surface area contributed by atoms with Gasteiger partial charge in [0.2, 0.25) is 0 Å². The number of carbonyl (C=O) groups excluding carboxylic acids is 1. The highest BCUT2D eigenvalue weighted by molar-refractivity contribution is 8.13. The van der Waals surface area contributed by atoms with Gasteiger partial charge in [0.25, 0.3) is 0 Å². The van der Waals surface area contributed by atoms with Gasteiger partial charge in [-0.2, -0.15) is 0 Å². The first-order valence-corrected chi connectivity index (χ1v) is 4.32. The zero-order valence-corrected chi connectivity index (χ0v) is 7.16. The lowest BCUT2D eigenvalue weighted by Gasteiger charge is -2.37. The third-order valence-electron chi connectivity index (χ3n) is 1.52. The first-order valence-electron chi connectivity index (χ1n) is 3.33. The van der Waals surface area contributed by atoms with Crippen LogP contribution in [0.3, 0.4) is 0 Å². The molecular formula is C7H12O2S. The van der Waals surface area contributed by atoms with E-state index in [-0.39, 0.29) is 10.5 Å². The third-order valence-corrected chi connectivity index (χ3v) is 2.77. The second kappa shape index (κ2) is 2.93. The fourth-order valence-electron chi connectivity index (χ4n) is 0.810. The predicted octanol–water partition coefficient (Wildman–Crippen LogP) is 1.30. The maximum Gasteiger partial charge on any atom is 0.185 e. The fourth-order valence-corrected chi connectivity index (χ4v) is 1.53. The molecule has 0 N–H and O–H groups in total. The summed E-state index contributed by atoms with van der Waals surface area (Å²) in [5.74, 6) is 0.905. The van der Waals surface area contributed by atoms with E-state index in [1.54, 1.807) is 6.92 Å². The Bertz CT molecular complexity index is 141. The Morgan fingerprint density at radius 2 is 2.30 bits per heavy atom. The molecule has 0 bridgehead atoms. The molecule has 1 aliphatic rings. The van der Waals surface area contributed by atoms with Crippen LogP contribution in [0.25, 0.3) is 0 Å². The summed E-state index contributed by atoms with van der Waals surface area (Å²) < 4.78 is 5.05. The van der Waals surface area contributed by atoms with Crippen LogP contribution in [0.1, 0.15) is 13.8 Å². The van der Waals surface area contributed by atoms with Gasteiger partial charge >= 0.3 is 0 Å². The van der Waals surface area contributed by atoms with Crippen LogP contribution in [0.2, 0.25) is 0 Å². The summed E-state index contributed by atoms with van der Waals surface area (Å²) in [6.07, 6.45) is 0. The molecule has 3 heteroatoms. The number of carbonyl (C=O) groups is 1. The fraction of sp³-hybridized carbons (Fsp3) is 0.857. The monoisotopic (exact) mass is 160 g/mol. The van der Waals surface area contributed by atoms with Gasteiger partial charge in [-0.1, -0.05) is 18.7 Å². The molecular weight excluding hydrogens is 148 g/mol. The van der Waals surface area contributed by atoms with Gasteiger partial charge in [0.05, 0.1) is 13.2 Å². The minimum absolute atomic E-state index is 0.202. The lowest BCUT2D eigenvalue weighted by Crippen LogP contribution is -2.41. The molecule has 1 heterocycles. The Balaban J connectivity index is 2.18. The minimum Gasteiger partial charge on any atom is -0.380 e. The lowest BCUT2D eigenvalue weighted by atomic mass is 9.92. The quantitative estimate of drug-likeness (QED) is 0.609. The maximum absolute atomic E-state index is 10.6. The van der Waals surface area contributed by atoms with Gasteiger partial charge in [-0.15, -0.1) is 0 Å². The van der Waals surface area contributed by atoms with Crippen molar-refractivity contribution in [2.45, 2.75) is 13.8 Å². The van der Waals surface area contributed by atoms with E-state index >= 15 is 0 Å². The Morgan fingerprint density at radius 3 is 2.60 bits per heavy atom. The van der Waals surface area contributed by atoms with Crippen molar-refractivity contribution in [2.24, 2.45) is 5.41 Å². The standard InChI is InChI=1S/C7H12O2S/c1-6(8)10-5-7(2)3-9-4-7/h3-5H2,1-2H3. The van der Waals surface area contributed by atoms with Crippen LogP contribution in [0.4, 0.5) is 0 Å². The van der Waals surface area contributed by atoms with Crippen molar-refractivity contribution in [1.29, 1.82) is 0 Å². The van der Waals surface area contributed by atoms with Crippen molar-refractivity contribution in [3.05, 3.63) is 0 Å². The summed E-state index contributed by atoms with van der Waals surface area (Å²) in [7, 11) is 0. The van der Waals surface area contributed by atoms with E-state index in [0.29, 0.717) is 0 Å². The van der Waals surface area contributed by atoms with Crippen molar-refractivity contribution >= 4 is 16.9 Å². The van der Waals surface area contributed by atoms with Crippen LogP contribution in [-0.4, -0.2) is 24.1 Å². The van der Waals surface area contributed by atoms with E-state index in [9.17, 15) is 4.79 Å². The summed E-state index contributed by atoms with van der Waals surface area (Å²) in [4.78, 5) is 10.6. The topological polar surface area (TPSA) is 26.3 Å². The van der Waals surface area contributed by atoms with E-state index in [4.69, 9.17) is 4.74 Å². The van der Waals surface area contributed by atoms with Crippen LogP contribution in [-0.2, 0) is 9.53 Å². The zero-order valence-electron chi connectivity index (χ0n) is 6.35. The van der Waals surface area contributed by atoms with Gasteiger partial charge in [0, 0.05) is 18.1 Å². The molecule has 0 aromatic carbocycles. The molecule has 0 spiro atoms. The van der Waals surface area contributed by atoms with E-state index in [1.807, 2.05) is 0 Å². The molecule has 0 unspecified atom stereocenters. The van der Waals surface area contributed by atoms with Crippen molar-refractivity contribution in [2.75, 3.05) is 19.0 Å². The van der Waals surface area contributed by atoms with Crippen molar-refractivity contribution < 1.29 is 9.53 Å². The van der Waals surface area contributed by atoms with Gasteiger partial charge in [-0.25, -0.2) is 0 Å². The number of hydrogen-bond acceptors (Lipinski definition) is 3. The first kappa shape index (κ1) is 8.08. The molecule has 0 amide bonds. The molecule has 1 fully saturated rings. The predicted molar refractivity (Wildman–Crippen MR) is 42.1 cm³/mol. The van der Waals surface area contributed by atoms with E-state index in [2.05, 4.69) is 6.92 Å². The highest BCUT2D eigenvalue weighted by Gasteiger charge is 2.33. The molecule has 0 atom stereocenters. The highest BCUT2D eigenvalue weighted by Crippen LogP contribution is 2.30. The molecule has 0 radical (unpaired) electrons. The largest absolute Gasteiger partial charge is 0.380 e. The Hall–Kier alpha value is -0.0200. The summed E-state index contributed by atoms with van der Waals surface area (Å²) in [6.45, 7) is 5.38. The van der Waals surface area contributed by atoms with Crippen molar-refractivity contribution in [1.82, 2.24) is 0 Å². The molecule has 1 aliphatic heterocycles. The molecule has 1 rings (SSSR count). The van der Waals surface area contributed by atoms with E-state index in [0.717, 1.165) is 19.0 Å². The van der Waals surface area contributed by atoms with Gasteiger partial charge in [0.15, 0.2) is 5.12 Å². The Kier molecular flexibility index (Phi) is 2.36. The number of thioether (sulfide) groups is 1.